The third kappa shape index (κ3) is 5.03. The summed E-state index contributed by atoms with van der Waals surface area (Å²) in [5.74, 6) is -0.0184. The number of aromatic nitrogens is 1. The number of hydrogen-bond donors (Lipinski definition) is 1. The normalized spacial score (nSPS) is 15.7. The minimum absolute atomic E-state index is 0.0184. The quantitative estimate of drug-likeness (QED) is 0.434. The summed E-state index contributed by atoms with van der Waals surface area (Å²) < 4.78 is 49.1. The standard InChI is InChI=1S/C23H22F3N5O3/c1-15(32)29-5-7-30(8-6-29)19-12-20-21(10-17(23(24,25)26)11-22(20)28-14-19)27-13-16-3-2-4-18(9-16)31(33)34/h2-4,9-12,14,27H,5-8,13H2,1H3/i13D. The van der Waals surface area contributed by atoms with Crippen LogP contribution >= 0.6 is 0 Å². The number of hydrogen-bond acceptors (Lipinski definition) is 6. The molecule has 1 atom stereocenters. The Balaban J connectivity index is 1.71. The Hall–Kier alpha value is -3.89. The number of carbonyl (C=O) groups is 1. The van der Waals surface area contributed by atoms with E-state index in [-0.39, 0.29) is 28.4 Å². The molecule has 1 aromatic heterocycles. The third-order valence-electron chi connectivity index (χ3n) is 5.68. The largest absolute Gasteiger partial charge is 0.416 e. The maximum atomic E-state index is 13.6. The second-order valence-corrected chi connectivity index (χ2v) is 7.92. The molecule has 0 aliphatic carbocycles. The van der Waals surface area contributed by atoms with Crippen LogP contribution in [0.5, 0.6) is 0 Å². The number of pyridine rings is 1. The first-order valence-corrected chi connectivity index (χ1v) is 10.5. The topological polar surface area (TPSA) is 91.6 Å². The minimum atomic E-state index is -4.63. The van der Waals surface area contributed by atoms with Crippen molar-refractivity contribution in [1.82, 2.24) is 9.88 Å². The van der Waals surface area contributed by atoms with E-state index in [4.69, 9.17) is 1.37 Å². The maximum absolute atomic E-state index is 13.6. The molecule has 4 rings (SSSR count). The van der Waals surface area contributed by atoms with E-state index in [0.29, 0.717) is 37.3 Å². The van der Waals surface area contributed by atoms with Crippen LogP contribution in [0.1, 0.15) is 19.4 Å². The van der Waals surface area contributed by atoms with Gasteiger partial charge in [0.15, 0.2) is 0 Å². The van der Waals surface area contributed by atoms with Gasteiger partial charge in [-0.2, -0.15) is 13.2 Å². The van der Waals surface area contributed by atoms with Crippen LogP contribution in [0.2, 0.25) is 0 Å². The average Bonchev–Trinajstić information content (AvgIpc) is 2.83. The van der Waals surface area contributed by atoms with Crippen molar-refractivity contribution >= 4 is 33.9 Å². The molecule has 1 aliphatic heterocycles. The molecule has 1 aliphatic rings. The van der Waals surface area contributed by atoms with Crippen LogP contribution in [-0.4, -0.2) is 46.9 Å². The van der Waals surface area contributed by atoms with E-state index in [1.807, 2.05) is 4.90 Å². The highest BCUT2D eigenvalue weighted by Crippen LogP contribution is 2.36. The summed E-state index contributed by atoms with van der Waals surface area (Å²) in [6.07, 6.45) is -3.13. The second kappa shape index (κ2) is 9.16. The zero-order chi connectivity index (χ0) is 25.3. The lowest BCUT2D eigenvalue weighted by Crippen LogP contribution is -2.48. The number of benzene rings is 2. The van der Waals surface area contributed by atoms with Gasteiger partial charge >= 0.3 is 6.18 Å². The molecule has 0 saturated carbocycles. The zero-order valence-corrected chi connectivity index (χ0v) is 18.2. The van der Waals surface area contributed by atoms with E-state index < -0.39 is 23.2 Å². The van der Waals surface area contributed by atoms with E-state index in [0.717, 1.165) is 12.1 Å². The van der Waals surface area contributed by atoms with Gasteiger partial charge in [0.2, 0.25) is 5.91 Å². The van der Waals surface area contributed by atoms with Gasteiger partial charge in [-0.25, -0.2) is 0 Å². The molecule has 1 amide bonds. The second-order valence-electron chi connectivity index (χ2n) is 7.92. The number of anilines is 2. The highest BCUT2D eigenvalue weighted by molar-refractivity contribution is 5.94. The van der Waals surface area contributed by atoms with Gasteiger partial charge in [-0.3, -0.25) is 19.9 Å². The first-order valence-electron chi connectivity index (χ1n) is 11.1. The Labute approximate surface area is 194 Å². The first kappa shape index (κ1) is 21.9. The molecule has 3 aromatic rings. The van der Waals surface area contributed by atoms with Gasteiger partial charge < -0.3 is 15.1 Å². The predicted molar refractivity (Wildman–Crippen MR) is 122 cm³/mol. The number of nitro benzene ring substituents is 1. The van der Waals surface area contributed by atoms with Gasteiger partial charge in [-0.05, 0) is 23.8 Å². The van der Waals surface area contributed by atoms with Gasteiger partial charge in [-0.1, -0.05) is 12.1 Å². The van der Waals surface area contributed by atoms with Gasteiger partial charge in [0.1, 0.15) is 0 Å². The van der Waals surface area contributed by atoms with Crippen molar-refractivity contribution in [2.24, 2.45) is 0 Å². The Kier molecular flexibility index (Phi) is 5.91. The molecule has 34 heavy (non-hydrogen) atoms. The smallest absolute Gasteiger partial charge is 0.380 e. The van der Waals surface area contributed by atoms with Crippen LogP contribution < -0.4 is 10.2 Å². The van der Waals surface area contributed by atoms with Gasteiger partial charge in [-0.15, -0.1) is 0 Å². The predicted octanol–water partition coefficient (Wildman–Crippen LogP) is 4.44. The highest BCUT2D eigenvalue weighted by atomic mass is 19.4. The number of rotatable bonds is 5. The van der Waals surface area contributed by atoms with Crippen molar-refractivity contribution in [3.05, 3.63) is 69.9 Å². The van der Waals surface area contributed by atoms with E-state index in [2.05, 4.69) is 10.3 Å². The molecule has 0 bridgehead atoms. The number of amides is 1. The molecule has 2 aromatic carbocycles. The number of alkyl halides is 3. The third-order valence-corrected chi connectivity index (χ3v) is 5.68. The number of carbonyl (C=O) groups excluding carboxylic acids is 1. The summed E-state index contributed by atoms with van der Waals surface area (Å²) in [6.45, 7) is 2.38. The average molecular weight is 474 g/mol. The molecule has 178 valence electrons. The van der Waals surface area contributed by atoms with E-state index in [9.17, 15) is 28.1 Å². The Morgan fingerprint density at radius 1 is 1.21 bits per heavy atom. The van der Waals surface area contributed by atoms with Crippen molar-refractivity contribution in [3.8, 4) is 0 Å². The molecule has 1 saturated heterocycles. The zero-order valence-electron chi connectivity index (χ0n) is 19.2. The van der Waals surface area contributed by atoms with Crippen LogP contribution in [0, 0.1) is 10.1 Å². The Morgan fingerprint density at radius 3 is 2.59 bits per heavy atom. The molecule has 0 spiro atoms. The van der Waals surface area contributed by atoms with Crippen molar-refractivity contribution < 1.29 is 24.3 Å². The van der Waals surface area contributed by atoms with Crippen molar-refractivity contribution in [2.45, 2.75) is 19.6 Å². The molecule has 1 fully saturated rings. The van der Waals surface area contributed by atoms with Gasteiger partial charge in [0.05, 0.1) is 29.3 Å². The monoisotopic (exact) mass is 474 g/mol. The van der Waals surface area contributed by atoms with Gasteiger partial charge in [0, 0.05) is 62.8 Å². The van der Waals surface area contributed by atoms with Crippen LogP contribution in [0.25, 0.3) is 10.9 Å². The Morgan fingerprint density at radius 2 is 1.94 bits per heavy atom. The van der Waals surface area contributed by atoms with E-state index in [1.54, 1.807) is 11.0 Å². The van der Waals surface area contributed by atoms with Crippen molar-refractivity contribution in [3.63, 3.8) is 0 Å². The minimum Gasteiger partial charge on any atom is -0.380 e. The fraction of sp³-hybridized carbons (Fsp3) is 0.304. The number of fused-ring (bicyclic) bond motifs is 1. The van der Waals surface area contributed by atoms with Crippen LogP contribution in [0.15, 0.2) is 48.7 Å². The van der Waals surface area contributed by atoms with Crippen molar-refractivity contribution in [1.29, 1.82) is 0 Å². The number of piperazine rings is 1. The first-order chi connectivity index (χ1) is 16.5. The lowest BCUT2D eigenvalue weighted by molar-refractivity contribution is -0.384. The fourth-order valence-corrected chi connectivity index (χ4v) is 3.84. The number of nitrogens with zero attached hydrogens (tertiary/aromatic N) is 4. The summed E-state index contributed by atoms with van der Waals surface area (Å²) in [4.78, 5) is 30.0. The summed E-state index contributed by atoms with van der Waals surface area (Å²) in [6, 6.07) is 8.96. The van der Waals surface area contributed by atoms with Crippen LogP contribution in [0.3, 0.4) is 0 Å². The molecule has 8 nitrogen and oxygen atoms in total. The lowest BCUT2D eigenvalue weighted by Gasteiger charge is -2.35. The maximum Gasteiger partial charge on any atom is 0.416 e. The number of nitrogens with one attached hydrogen (secondary N) is 1. The van der Waals surface area contributed by atoms with E-state index >= 15 is 0 Å². The lowest BCUT2D eigenvalue weighted by atomic mass is 10.1. The van der Waals surface area contributed by atoms with Gasteiger partial charge in [0.25, 0.3) is 5.69 Å². The number of nitro groups is 1. The van der Waals surface area contributed by atoms with E-state index in [1.165, 1.54) is 37.4 Å². The molecule has 11 heteroatoms. The highest BCUT2D eigenvalue weighted by Gasteiger charge is 2.32. The van der Waals surface area contributed by atoms with Crippen LogP contribution in [0.4, 0.5) is 30.2 Å². The molecule has 0 radical (unpaired) electrons. The fourth-order valence-electron chi connectivity index (χ4n) is 3.84. The van der Waals surface area contributed by atoms with Crippen molar-refractivity contribution in [2.75, 3.05) is 36.4 Å². The summed E-state index contributed by atoms with van der Waals surface area (Å²) in [5, 5.41) is 14.2. The van der Waals surface area contributed by atoms with Crippen LogP contribution in [-0.2, 0) is 17.5 Å². The number of halogens is 3. The molecule has 2 heterocycles. The molecular weight excluding hydrogens is 451 g/mol. The SMILES string of the molecule is [2H]C(Nc1cc(C(F)(F)F)cc2ncc(N3CCN(C(C)=O)CC3)cc12)c1cccc([N+](=O)[O-])c1. The molecule has 1 N–H and O–H groups in total. The summed E-state index contributed by atoms with van der Waals surface area (Å²) >= 11 is 0. The summed E-state index contributed by atoms with van der Waals surface area (Å²) in [5.41, 5.74) is -0.0921. The molecule has 1 unspecified atom stereocenters. The number of non-ortho nitro benzene ring substituents is 1. The summed E-state index contributed by atoms with van der Waals surface area (Å²) in [7, 11) is 0. The molecular formula is C23H22F3N5O3. The Bertz CT molecular complexity index is 1280.